The highest BCUT2D eigenvalue weighted by atomic mass is 32.2. The van der Waals surface area contributed by atoms with Crippen molar-refractivity contribution in [2.24, 2.45) is 0 Å². The van der Waals surface area contributed by atoms with Crippen molar-refractivity contribution in [2.45, 2.75) is 30.6 Å². The summed E-state index contributed by atoms with van der Waals surface area (Å²) in [7, 11) is 0. The minimum Gasteiger partial charge on any atom is -0.460 e. The van der Waals surface area contributed by atoms with Gasteiger partial charge in [-0.2, -0.15) is 0 Å². The van der Waals surface area contributed by atoms with E-state index in [2.05, 4.69) is 16.0 Å². The van der Waals surface area contributed by atoms with Gasteiger partial charge in [0.1, 0.15) is 12.7 Å². The van der Waals surface area contributed by atoms with Crippen LogP contribution >= 0.6 is 11.8 Å². The largest absolute Gasteiger partial charge is 0.460 e. The Labute approximate surface area is 201 Å². The van der Waals surface area contributed by atoms with E-state index in [4.69, 9.17) is 14.2 Å². The standard InChI is InChI=1S/C24H27N3O6S/c28-19(14-31-21-15-32-20(33-21)12-17-4-2-1-3-5-17)13-25-11-10-16-6-8-18(9-7-16)26-23-22(29)27-24(30)34-23/h1-9,15,19-20,23,25-26,28H,10-14H2,(H,27,29,30)/t19-,20?,23?/m0/s1. The summed E-state index contributed by atoms with van der Waals surface area (Å²) in [6, 6.07) is 17.6. The van der Waals surface area contributed by atoms with Gasteiger partial charge < -0.3 is 30.0 Å². The molecule has 9 nitrogen and oxygen atoms in total. The summed E-state index contributed by atoms with van der Waals surface area (Å²) in [4.78, 5) is 22.8. The molecule has 2 unspecified atom stereocenters. The number of hydrogen-bond acceptors (Lipinski definition) is 9. The lowest BCUT2D eigenvalue weighted by Gasteiger charge is -2.15. The molecule has 2 aromatic carbocycles. The second-order valence-corrected chi connectivity index (χ2v) is 8.92. The molecule has 0 aromatic heterocycles. The maximum atomic E-state index is 11.6. The number of rotatable bonds is 12. The average molecular weight is 486 g/mol. The SMILES string of the molecule is O=C1NC(=O)C(Nc2ccc(CCNC[C@H](O)COC3=COC(Cc4ccccc4)O3)cc2)S1. The van der Waals surface area contributed by atoms with E-state index in [0.717, 1.165) is 35.0 Å². The van der Waals surface area contributed by atoms with Crippen molar-refractivity contribution in [1.29, 1.82) is 0 Å². The Hall–Kier alpha value is -3.21. The second kappa shape index (κ2) is 11.8. The third-order valence-corrected chi connectivity index (χ3v) is 6.02. The van der Waals surface area contributed by atoms with Crippen LogP contribution in [0.15, 0.2) is 66.8 Å². The third-order valence-electron chi connectivity index (χ3n) is 5.14. The number of ether oxygens (including phenoxy) is 3. The Morgan fingerprint density at radius 3 is 2.62 bits per heavy atom. The Bertz CT molecular complexity index is 1000. The minimum atomic E-state index is -0.693. The number of anilines is 1. The van der Waals surface area contributed by atoms with Crippen LogP contribution in [0, 0.1) is 0 Å². The van der Waals surface area contributed by atoms with E-state index in [1.165, 1.54) is 6.26 Å². The first-order valence-corrected chi connectivity index (χ1v) is 11.9. The van der Waals surface area contributed by atoms with Gasteiger partial charge >= 0.3 is 5.95 Å². The number of aliphatic hydroxyl groups excluding tert-OH is 1. The number of amides is 2. The van der Waals surface area contributed by atoms with Crippen LogP contribution in [0.4, 0.5) is 10.5 Å². The van der Waals surface area contributed by atoms with E-state index in [1.807, 2.05) is 54.6 Å². The molecule has 0 aliphatic carbocycles. The van der Waals surface area contributed by atoms with Crippen molar-refractivity contribution in [3.63, 3.8) is 0 Å². The van der Waals surface area contributed by atoms with Crippen molar-refractivity contribution < 1.29 is 28.9 Å². The van der Waals surface area contributed by atoms with Crippen LogP contribution in [0.1, 0.15) is 11.1 Å². The zero-order valence-corrected chi connectivity index (χ0v) is 19.3. The van der Waals surface area contributed by atoms with Gasteiger partial charge in [-0.25, -0.2) is 0 Å². The van der Waals surface area contributed by atoms with Crippen molar-refractivity contribution in [3.8, 4) is 0 Å². The minimum absolute atomic E-state index is 0.0931. The summed E-state index contributed by atoms with van der Waals surface area (Å²) in [6.45, 7) is 1.15. The molecule has 1 saturated heterocycles. The summed E-state index contributed by atoms with van der Waals surface area (Å²) in [5.74, 6) is -0.0624. The fraction of sp³-hybridized carbons (Fsp3) is 0.333. The number of carbonyl (C=O) groups is 2. The predicted octanol–water partition coefficient (Wildman–Crippen LogP) is 2.33. The molecule has 4 rings (SSSR count). The van der Waals surface area contributed by atoms with Crippen LogP contribution in [0.2, 0.25) is 0 Å². The maximum absolute atomic E-state index is 11.6. The maximum Gasteiger partial charge on any atom is 0.318 e. The van der Waals surface area contributed by atoms with Crippen LogP contribution in [0.25, 0.3) is 0 Å². The van der Waals surface area contributed by atoms with Crippen molar-refractivity contribution in [1.82, 2.24) is 10.6 Å². The van der Waals surface area contributed by atoms with E-state index in [0.29, 0.717) is 19.5 Å². The topological polar surface area (TPSA) is 118 Å². The molecule has 2 aliphatic heterocycles. The summed E-state index contributed by atoms with van der Waals surface area (Å²) in [6.07, 6.45) is 1.70. The zero-order chi connectivity index (χ0) is 23.8. The molecule has 4 N–H and O–H groups in total. The number of benzene rings is 2. The summed E-state index contributed by atoms with van der Waals surface area (Å²) < 4.78 is 16.6. The van der Waals surface area contributed by atoms with Gasteiger partial charge in [0.2, 0.25) is 6.29 Å². The number of hydrogen-bond donors (Lipinski definition) is 4. The van der Waals surface area contributed by atoms with E-state index < -0.39 is 17.8 Å². The van der Waals surface area contributed by atoms with Crippen LogP contribution in [-0.4, -0.2) is 53.7 Å². The molecule has 2 heterocycles. The van der Waals surface area contributed by atoms with Crippen molar-refractivity contribution >= 4 is 28.6 Å². The van der Waals surface area contributed by atoms with Crippen molar-refractivity contribution in [3.05, 3.63) is 77.9 Å². The number of nitrogens with one attached hydrogen (secondary N) is 3. The average Bonchev–Trinajstić information content (AvgIpc) is 3.42. The number of carbonyl (C=O) groups excluding carboxylic acids is 2. The molecule has 2 amide bonds. The molecule has 2 aromatic rings. The number of thioether (sulfide) groups is 1. The Balaban J connectivity index is 1.07. The lowest BCUT2D eigenvalue weighted by molar-refractivity contribution is -0.118. The van der Waals surface area contributed by atoms with Gasteiger partial charge in [0.15, 0.2) is 11.6 Å². The molecule has 0 spiro atoms. The normalized spacial score (nSPS) is 20.2. The van der Waals surface area contributed by atoms with Gasteiger partial charge in [-0.3, -0.25) is 14.9 Å². The first kappa shape index (κ1) is 23.9. The molecular formula is C24H27N3O6S. The molecule has 180 valence electrons. The molecule has 10 heteroatoms. The molecular weight excluding hydrogens is 458 g/mol. The monoisotopic (exact) mass is 485 g/mol. The second-order valence-electron chi connectivity index (χ2n) is 7.84. The summed E-state index contributed by atoms with van der Waals surface area (Å²) in [5, 5.41) is 17.7. The molecule has 2 aliphatic rings. The van der Waals surface area contributed by atoms with Crippen LogP contribution in [0.5, 0.6) is 0 Å². The molecule has 0 radical (unpaired) electrons. The Morgan fingerprint density at radius 2 is 1.88 bits per heavy atom. The summed E-state index contributed by atoms with van der Waals surface area (Å²) in [5.41, 5.74) is 2.98. The summed E-state index contributed by atoms with van der Waals surface area (Å²) >= 11 is 0.931. The highest BCUT2D eigenvalue weighted by molar-refractivity contribution is 8.15. The van der Waals surface area contributed by atoms with Crippen LogP contribution in [-0.2, 0) is 31.8 Å². The van der Waals surface area contributed by atoms with E-state index in [9.17, 15) is 14.7 Å². The highest BCUT2D eigenvalue weighted by Gasteiger charge is 2.31. The lowest BCUT2D eigenvalue weighted by Crippen LogP contribution is -2.31. The Kier molecular flexibility index (Phi) is 8.29. The van der Waals surface area contributed by atoms with Crippen molar-refractivity contribution in [2.75, 3.05) is 25.0 Å². The van der Waals surface area contributed by atoms with Gasteiger partial charge in [-0.05, 0) is 48.0 Å². The van der Waals surface area contributed by atoms with E-state index in [-0.39, 0.29) is 23.7 Å². The fourth-order valence-electron chi connectivity index (χ4n) is 3.39. The van der Waals surface area contributed by atoms with Gasteiger partial charge in [0.25, 0.3) is 11.1 Å². The van der Waals surface area contributed by atoms with Crippen LogP contribution in [0.3, 0.4) is 0 Å². The molecule has 34 heavy (non-hydrogen) atoms. The van der Waals surface area contributed by atoms with E-state index >= 15 is 0 Å². The van der Waals surface area contributed by atoms with Gasteiger partial charge in [-0.1, -0.05) is 42.5 Å². The number of imide groups is 1. The van der Waals surface area contributed by atoms with Gasteiger partial charge in [0.05, 0.1) is 0 Å². The first-order chi connectivity index (χ1) is 16.5. The molecule has 1 fully saturated rings. The van der Waals surface area contributed by atoms with Crippen LogP contribution < -0.4 is 16.0 Å². The first-order valence-electron chi connectivity index (χ1n) is 11.0. The Morgan fingerprint density at radius 1 is 1.09 bits per heavy atom. The smallest absolute Gasteiger partial charge is 0.318 e. The third kappa shape index (κ3) is 7.14. The van der Waals surface area contributed by atoms with Gasteiger partial charge in [0, 0.05) is 18.7 Å². The van der Waals surface area contributed by atoms with Gasteiger partial charge in [-0.15, -0.1) is 0 Å². The fourth-order valence-corrected chi connectivity index (χ4v) is 4.12. The molecule has 0 saturated carbocycles. The number of aliphatic hydroxyl groups is 1. The molecule has 3 atom stereocenters. The zero-order valence-electron chi connectivity index (χ0n) is 18.4. The lowest BCUT2D eigenvalue weighted by atomic mass is 10.1. The quantitative estimate of drug-likeness (QED) is 0.336. The predicted molar refractivity (Wildman–Crippen MR) is 128 cm³/mol. The van der Waals surface area contributed by atoms with E-state index in [1.54, 1.807) is 0 Å². The highest BCUT2D eigenvalue weighted by Crippen LogP contribution is 2.22. The molecule has 0 bridgehead atoms.